The molecule has 8 heteroatoms. The third kappa shape index (κ3) is 9.00. The van der Waals surface area contributed by atoms with E-state index in [1.807, 2.05) is 0 Å². The molecule has 0 aliphatic heterocycles. The molecule has 0 amide bonds. The second-order valence-corrected chi connectivity index (χ2v) is 9.25. The van der Waals surface area contributed by atoms with Crippen LogP contribution in [0.3, 0.4) is 0 Å². The molecular weight excluding hydrogens is 306 g/mol. The molecule has 62 valence electrons. The zero-order valence-corrected chi connectivity index (χ0v) is 8.17. The van der Waals surface area contributed by atoms with Crippen molar-refractivity contribution in [1.29, 1.82) is 0 Å². The molecule has 0 N–H and O–H groups in total. The summed E-state index contributed by atoms with van der Waals surface area (Å²) in [6, 6.07) is 0. The van der Waals surface area contributed by atoms with Crippen LogP contribution in [0.4, 0.5) is 13.2 Å². The monoisotopic (exact) mass is 308 g/mol. The van der Waals surface area contributed by atoms with E-state index in [-0.39, 0.29) is 0 Å². The lowest BCUT2D eigenvalue weighted by atomic mass is 10.7. The van der Waals surface area contributed by atoms with E-state index in [2.05, 4.69) is 4.52 Å². The van der Waals surface area contributed by atoms with Gasteiger partial charge in [-0.25, -0.2) is 0 Å². The van der Waals surface area contributed by atoms with Crippen molar-refractivity contribution in [2.75, 3.05) is 6.61 Å². The van der Waals surface area contributed by atoms with Crippen LogP contribution in [0.5, 0.6) is 0 Å². The highest BCUT2D eigenvalue weighted by molar-refractivity contribution is 14.2. The van der Waals surface area contributed by atoms with E-state index in [0.717, 1.165) is 22.0 Å². The van der Waals surface area contributed by atoms with Crippen molar-refractivity contribution in [2.45, 2.75) is 6.18 Å². The minimum absolute atomic E-state index is 1.12. The van der Waals surface area contributed by atoms with E-state index in [0.29, 0.717) is 0 Å². The quantitative estimate of drug-likeness (QED) is 0.578. The second-order valence-electron chi connectivity index (χ2n) is 1.30. The molecule has 0 aliphatic rings. The minimum Gasteiger partial charge on any atom is -0.301 e. The maximum Gasteiger partial charge on any atom is 0.412 e. The third-order valence-corrected chi connectivity index (χ3v) is 1.94. The summed E-state index contributed by atoms with van der Waals surface area (Å²) in [6.07, 6.45) is -4.48. The van der Waals surface area contributed by atoms with Crippen molar-refractivity contribution in [2.24, 2.45) is 0 Å². The van der Waals surface area contributed by atoms with Crippen molar-refractivity contribution in [3.8, 4) is 0 Å². The maximum atomic E-state index is 11.3. The highest BCUT2D eigenvalue weighted by Crippen LogP contribution is 2.61. The van der Waals surface area contributed by atoms with E-state index in [9.17, 15) is 17.7 Å². The van der Waals surface area contributed by atoms with Crippen LogP contribution >= 0.6 is 37.6 Å². The van der Waals surface area contributed by atoms with Gasteiger partial charge in [0, 0.05) is 22.0 Å². The predicted molar refractivity (Wildman–Crippen MR) is 39.5 cm³/mol. The fraction of sp³-hybridized carbons (Fsp3) is 1.00. The Morgan fingerprint density at radius 2 is 2.00 bits per heavy atom. The lowest BCUT2D eigenvalue weighted by molar-refractivity contribution is -0.152. The molecule has 0 aromatic heterocycles. The van der Waals surface area contributed by atoms with E-state index >= 15 is 0 Å². The molecule has 0 bridgehead atoms. The topological polar surface area (TPSA) is 26.3 Å². The Hall–Kier alpha value is 1.000. The van der Waals surface area contributed by atoms with Crippen molar-refractivity contribution in [3.63, 3.8) is 0 Å². The van der Waals surface area contributed by atoms with Gasteiger partial charge in [0.05, 0.1) is 0 Å². The molecular formula is C2H2ClF3IO2P. The van der Waals surface area contributed by atoms with E-state index in [1.54, 1.807) is 0 Å². The van der Waals surface area contributed by atoms with Gasteiger partial charge in [-0.3, -0.25) is 4.57 Å². The molecule has 0 aromatic carbocycles. The van der Waals surface area contributed by atoms with Gasteiger partial charge in [-0.2, -0.15) is 13.2 Å². The Morgan fingerprint density at radius 3 is 2.10 bits per heavy atom. The Balaban J connectivity index is 3.67. The Bertz CT molecular complexity index is 153. The molecule has 0 spiro atoms. The normalized spacial score (nSPS) is 18.5. The maximum absolute atomic E-state index is 11.3. The average Bonchev–Trinajstić information content (AvgIpc) is 1.57. The summed E-state index contributed by atoms with van der Waals surface area (Å²) in [4.78, 5) is 0. The molecule has 0 saturated heterocycles. The summed E-state index contributed by atoms with van der Waals surface area (Å²) in [5.74, 6) is 0. The van der Waals surface area contributed by atoms with Gasteiger partial charge >= 0.3 is 10.5 Å². The van der Waals surface area contributed by atoms with Crippen molar-refractivity contribution in [1.82, 2.24) is 0 Å². The standard InChI is InChI=1S/C2H2ClF3IO2P/c3-10(7,8)9-1-2(4,5)6/h1H2. The first-order chi connectivity index (χ1) is 4.21. The first-order valence-corrected chi connectivity index (χ1v) is 7.23. The summed E-state index contributed by atoms with van der Waals surface area (Å²) < 4.78 is 44.4. The van der Waals surface area contributed by atoms with Gasteiger partial charge in [-0.1, -0.05) is 0 Å². The van der Waals surface area contributed by atoms with Crippen LogP contribution in [-0.4, -0.2) is 12.8 Å². The second kappa shape index (κ2) is 3.60. The van der Waals surface area contributed by atoms with Gasteiger partial charge in [-0.05, 0) is 11.2 Å². The molecule has 0 fully saturated rings. The lowest BCUT2D eigenvalue weighted by Gasteiger charge is -2.06. The highest BCUT2D eigenvalue weighted by Gasteiger charge is 2.31. The Kier molecular flexibility index (Phi) is 3.96. The van der Waals surface area contributed by atoms with E-state index < -0.39 is 17.1 Å². The van der Waals surface area contributed by atoms with Gasteiger partial charge in [-0.15, -0.1) is 0 Å². The fourth-order valence-corrected chi connectivity index (χ4v) is 1.01. The predicted octanol–water partition coefficient (Wildman–Crippen LogP) is 3.35. The molecule has 0 heterocycles. The average molecular weight is 308 g/mol. The Morgan fingerprint density at radius 1 is 1.60 bits per heavy atom. The first-order valence-electron chi connectivity index (χ1n) is 1.91. The molecule has 0 rings (SSSR count). The lowest BCUT2D eigenvalue weighted by Crippen LogP contribution is -2.14. The number of halogens is 5. The van der Waals surface area contributed by atoms with Crippen LogP contribution < -0.4 is 0 Å². The van der Waals surface area contributed by atoms with Crippen LogP contribution in [0.2, 0.25) is 0 Å². The number of rotatable bonds is 2. The number of hydrogen-bond donors (Lipinski definition) is 0. The largest absolute Gasteiger partial charge is 0.412 e. The Labute approximate surface area is 72.8 Å². The molecule has 0 radical (unpaired) electrons. The van der Waals surface area contributed by atoms with Gasteiger partial charge in [0.1, 0.15) is 0 Å². The van der Waals surface area contributed by atoms with Crippen molar-refractivity contribution in [3.05, 3.63) is 0 Å². The number of hydrogen-bond acceptors (Lipinski definition) is 2. The minimum atomic E-state index is -4.48. The highest BCUT2D eigenvalue weighted by atomic mass is 127. The molecule has 2 nitrogen and oxygen atoms in total. The third-order valence-electron chi connectivity index (χ3n) is 0.379. The van der Waals surface area contributed by atoms with Crippen LogP contribution in [0, 0.1) is 0 Å². The van der Waals surface area contributed by atoms with Crippen molar-refractivity contribution >= 4 is 37.6 Å². The number of alkyl halides is 3. The summed E-state index contributed by atoms with van der Waals surface area (Å²) in [7, 11) is 0. The summed E-state index contributed by atoms with van der Waals surface area (Å²) in [5, 5.41) is 0. The van der Waals surface area contributed by atoms with Crippen LogP contribution in [0.1, 0.15) is 0 Å². The smallest absolute Gasteiger partial charge is 0.301 e. The molecule has 1 atom stereocenters. The summed E-state index contributed by atoms with van der Waals surface area (Å²) in [5.41, 5.74) is 0. The van der Waals surface area contributed by atoms with Gasteiger partial charge < -0.3 is 4.52 Å². The van der Waals surface area contributed by atoms with Gasteiger partial charge in [0.2, 0.25) is 0 Å². The first kappa shape index (κ1) is 11.0. The SMILES string of the molecule is O=P(Cl)(I)OCC(F)(F)F. The zero-order valence-electron chi connectivity index (χ0n) is 4.36. The van der Waals surface area contributed by atoms with Crippen LogP contribution in [-0.2, 0) is 9.09 Å². The van der Waals surface area contributed by atoms with Crippen LogP contribution in [0.15, 0.2) is 0 Å². The molecule has 1 unspecified atom stereocenters. The van der Waals surface area contributed by atoms with Crippen molar-refractivity contribution < 1.29 is 22.3 Å². The van der Waals surface area contributed by atoms with Gasteiger partial charge in [0.15, 0.2) is 6.61 Å². The van der Waals surface area contributed by atoms with E-state index in [1.165, 1.54) is 0 Å². The molecule has 0 saturated carbocycles. The van der Waals surface area contributed by atoms with Gasteiger partial charge in [0.25, 0.3) is 0 Å². The van der Waals surface area contributed by atoms with Crippen LogP contribution in [0.25, 0.3) is 0 Å². The van der Waals surface area contributed by atoms with E-state index in [4.69, 9.17) is 11.2 Å². The summed E-state index contributed by atoms with van der Waals surface area (Å²) in [6.45, 7) is -1.57. The fourth-order valence-electron chi connectivity index (χ4n) is 0.148. The summed E-state index contributed by atoms with van der Waals surface area (Å²) >= 11 is 5.97. The molecule has 0 aromatic rings. The zero-order chi connectivity index (χ0) is 8.41. The molecule has 0 aliphatic carbocycles. The molecule has 10 heavy (non-hydrogen) atoms.